The van der Waals surface area contributed by atoms with Gasteiger partial charge in [0.25, 0.3) is 0 Å². The maximum absolute atomic E-state index is 9.66. The minimum absolute atomic E-state index is 0.217. The molecule has 84 valence electrons. The highest BCUT2D eigenvalue weighted by Gasteiger charge is 2.05. The predicted molar refractivity (Wildman–Crippen MR) is 61.6 cm³/mol. The summed E-state index contributed by atoms with van der Waals surface area (Å²) in [6.07, 6.45) is 4.91. The lowest BCUT2D eigenvalue weighted by Gasteiger charge is -2.11. The number of hydrogen-bond acceptors (Lipinski definition) is 3. The summed E-state index contributed by atoms with van der Waals surface area (Å²) < 4.78 is 0. The van der Waals surface area contributed by atoms with Gasteiger partial charge < -0.3 is 10.1 Å². The largest absolute Gasteiger partial charge is 0.393 e. The van der Waals surface area contributed by atoms with Crippen LogP contribution in [-0.4, -0.2) is 36.0 Å². The van der Waals surface area contributed by atoms with E-state index in [0.717, 1.165) is 18.6 Å². The van der Waals surface area contributed by atoms with Crippen LogP contribution in [0.15, 0.2) is 5.10 Å². The summed E-state index contributed by atoms with van der Waals surface area (Å²) in [7, 11) is 3.79. The van der Waals surface area contributed by atoms with E-state index in [9.17, 15) is 5.11 Å². The lowest BCUT2D eigenvalue weighted by Crippen LogP contribution is -2.14. The van der Waals surface area contributed by atoms with Gasteiger partial charge in [0.2, 0.25) is 0 Å². The van der Waals surface area contributed by atoms with E-state index < -0.39 is 0 Å². The molecule has 0 aliphatic carbocycles. The molecule has 0 aliphatic heterocycles. The minimum Gasteiger partial charge on any atom is -0.393 e. The number of hydrazone groups is 1. The number of rotatable bonds is 7. The summed E-state index contributed by atoms with van der Waals surface area (Å²) in [4.78, 5) is 0. The maximum Gasteiger partial charge on any atom is 0.0592 e. The van der Waals surface area contributed by atoms with Crippen molar-refractivity contribution in [1.29, 1.82) is 0 Å². The molecule has 0 saturated carbocycles. The lowest BCUT2D eigenvalue weighted by atomic mass is 10.1. The Kier molecular flexibility index (Phi) is 7.48. The molecule has 0 saturated heterocycles. The van der Waals surface area contributed by atoms with Crippen molar-refractivity contribution >= 4 is 5.71 Å². The van der Waals surface area contributed by atoms with Crippen LogP contribution < -0.4 is 0 Å². The normalized spacial score (nSPS) is 14.2. The first-order valence-electron chi connectivity index (χ1n) is 5.45. The summed E-state index contributed by atoms with van der Waals surface area (Å²) in [6.45, 7) is 4.13. The summed E-state index contributed by atoms with van der Waals surface area (Å²) in [5.74, 6) is 0. The van der Waals surface area contributed by atoms with Crippen LogP contribution >= 0.6 is 0 Å². The highest BCUT2D eigenvalue weighted by Crippen LogP contribution is 2.07. The molecule has 0 fully saturated rings. The molecule has 3 nitrogen and oxygen atoms in total. The molecular weight excluding hydrogens is 176 g/mol. The number of aliphatic hydroxyl groups is 1. The second kappa shape index (κ2) is 7.80. The van der Waals surface area contributed by atoms with Gasteiger partial charge in [-0.05, 0) is 13.3 Å². The second-order valence-corrected chi connectivity index (χ2v) is 4.04. The van der Waals surface area contributed by atoms with Crippen LogP contribution in [0.1, 0.15) is 46.0 Å². The standard InChI is InChI=1S/C11H24N2O/c1-5-6-7-8-11(14)9-10(2)12-13(3)4/h11,14H,5-9H2,1-4H3. The van der Waals surface area contributed by atoms with E-state index in [-0.39, 0.29) is 6.10 Å². The van der Waals surface area contributed by atoms with Crippen molar-refractivity contribution < 1.29 is 5.11 Å². The Morgan fingerprint density at radius 3 is 2.50 bits per heavy atom. The third-order valence-corrected chi connectivity index (χ3v) is 2.04. The molecule has 3 heteroatoms. The monoisotopic (exact) mass is 200 g/mol. The van der Waals surface area contributed by atoms with Crippen LogP contribution in [0.3, 0.4) is 0 Å². The molecule has 0 heterocycles. The fourth-order valence-electron chi connectivity index (χ4n) is 1.46. The van der Waals surface area contributed by atoms with E-state index in [1.165, 1.54) is 12.8 Å². The van der Waals surface area contributed by atoms with Gasteiger partial charge in [-0.15, -0.1) is 0 Å². The van der Waals surface area contributed by atoms with Gasteiger partial charge in [0.15, 0.2) is 0 Å². The first-order valence-corrected chi connectivity index (χ1v) is 5.45. The summed E-state index contributed by atoms with van der Waals surface area (Å²) >= 11 is 0. The smallest absolute Gasteiger partial charge is 0.0592 e. The van der Waals surface area contributed by atoms with Crippen LogP contribution in [0.5, 0.6) is 0 Å². The van der Waals surface area contributed by atoms with Gasteiger partial charge in [0.1, 0.15) is 0 Å². The molecule has 0 amide bonds. The summed E-state index contributed by atoms with van der Waals surface area (Å²) in [5, 5.41) is 15.7. The van der Waals surface area contributed by atoms with Crippen molar-refractivity contribution in [3.05, 3.63) is 0 Å². The molecule has 0 bridgehead atoms. The Labute approximate surface area is 87.8 Å². The second-order valence-electron chi connectivity index (χ2n) is 4.04. The van der Waals surface area contributed by atoms with Crippen LogP contribution in [0, 0.1) is 0 Å². The van der Waals surface area contributed by atoms with Crippen LogP contribution in [0.25, 0.3) is 0 Å². The molecule has 0 aliphatic rings. The van der Waals surface area contributed by atoms with Gasteiger partial charge in [-0.2, -0.15) is 5.10 Å². The molecule has 0 aromatic carbocycles. The van der Waals surface area contributed by atoms with Crippen molar-refractivity contribution in [2.24, 2.45) is 5.10 Å². The van der Waals surface area contributed by atoms with Crippen molar-refractivity contribution in [2.45, 2.75) is 52.1 Å². The topological polar surface area (TPSA) is 35.8 Å². The van der Waals surface area contributed by atoms with Gasteiger partial charge in [-0.1, -0.05) is 26.2 Å². The van der Waals surface area contributed by atoms with Gasteiger partial charge in [-0.25, -0.2) is 0 Å². The number of aliphatic hydroxyl groups excluding tert-OH is 1. The van der Waals surface area contributed by atoms with Crippen LogP contribution in [-0.2, 0) is 0 Å². The Morgan fingerprint density at radius 1 is 1.36 bits per heavy atom. The fourth-order valence-corrected chi connectivity index (χ4v) is 1.46. The maximum atomic E-state index is 9.66. The van der Waals surface area contributed by atoms with Crippen molar-refractivity contribution in [3.8, 4) is 0 Å². The highest BCUT2D eigenvalue weighted by molar-refractivity contribution is 5.82. The Morgan fingerprint density at radius 2 is 2.00 bits per heavy atom. The average molecular weight is 200 g/mol. The van der Waals surface area contributed by atoms with Crippen LogP contribution in [0.4, 0.5) is 0 Å². The minimum atomic E-state index is -0.217. The zero-order valence-electron chi connectivity index (χ0n) is 9.95. The van der Waals surface area contributed by atoms with Gasteiger partial charge >= 0.3 is 0 Å². The van der Waals surface area contributed by atoms with E-state index in [2.05, 4.69) is 12.0 Å². The quantitative estimate of drug-likeness (QED) is 0.389. The Bertz CT molecular complexity index is 167. The zero-order valence-corrected chi connectivity index (χ0v) is 9.95. The molecule has 1 atom stereocenters. The molecule has 14 heavy (non-hydrogen) atoms. The molecule has 0 spiro atoms. The molecule has 0 radical (unpaired) electrons. The number of unbranched alkanes of at least 4 members (excludes halogenated alkanes) is 2. The molecular formula is C11H24N2O. The SMILES string of the molecule is CCCCCC(O)CC(C)=NN(C)C. The number of nitrogens with zero attached hydrogens (tertiary/aromatic N) is 2. The van der Waals surface area contributed by atoms with Gasteiger partial charge in [-0.3, -0.25) is 0 Å². The Balaban J connectivity index is 3.65. The van der Waals surface area contributed by atoms with E-state index in [0.29, 0.717) is 6.42 Å². The van der Waals surface area contributed by atoms with E-state index in [1.807, 2.05) is 21.0 Å². The fraction of sp³-hybridized carbons (Fsp3) is 0.909. The lowest BCUT2D eigenvalue weighted by molar-refractivity contribution is 0.168. The summed E-state index contributed by atoms with van der Waals surface area (Å²) in [5.41, 5.74) is 0.999. The molecule has 0 rings (SSSR count). The number of hydrogen-bond donors (Lipinski definition) is 1. The molecule has 1 unspecified atom stereocenters. The first kappa shape index (κ1) is 13.4. The summed E-state index contributed by atoms with van der Waals surface area (Å²) in [6, 6.07) is 0. The van der Waals surface area contributed by atoms with E-state index >= 15 is 0 Å². The average Bonchev–Trinajstić information content (AvgIpc) is 2.02. The molecule has 1 N–H and O–H groups in total. The van der Waals surface area contributed by atoms with E-state index in [1.54, 1.807) is 5.01 Å². The Hall–Kier alpha value is -0.570. The van der Waals surface area contributed by atoms with Crippen molar-refractivity contribution in [2.75, 3.05) is 14.1 Å². The van der Waals surface area contributed by atoms with Crippen molar-refractivity contribution in [1.82, 2.24) is 5.01 Å². The molecule has 0 aromatic heterocycles. The van der Waals surface area contributed by atoms with E-state index in [4.69, 9.17) is 0 Å². The van der Waals surface area contributed by atoms with Crippen molar-refractivity contribution in [3.63, 3.8) is 0 Å². The zero-order chi connectivity index (χ0) is 11.0. The molecule has 0 aromatic rings. The van der Waals surface area contributed by atoms with Gasteiger partial charge in [0, 0.05) is 26.2 Å². The van der Waals surface area contributed by atoms with Crippen LogP contribution in [0.2, 0.25) is 0 Å². The third kappa shape index (κ3) is 8.05. The van der Waals surface area contributed by atoms with Gasteiger partial charge in [0.05, 0.1) is 6.10 Å². The highest BCUT2D eigenvalue weighted by atomic mass is 16.3. The predicted octanol–water partition coefficient (Wildman–Crippen LogP) is 2.26. The first-order chi connectivity index (χ1) is 6.56. The third-order valence-electron chi connectivity index (χ3n) is 2.04.